The van der Waals surface area contributed by atoms with Crippen LogP contribution in [0.15, 0.2) is 0 Å². The van der Waals surface area contributed by atoms with Crippen LogP contribution in [0.25, 0.3) is 0 Å². The highest BCUT2D eigenvalue weighted by Gasteiger charge is 2.55. The molecule has 0 saturated carbocycles. The first-order valence-corrected chi connectivity index (χ1v) is 9.36. The molecule has 3 N–H and O–H groups in total. The molecule has 8 heteroatoms. The molecule has 1 radical (unpaired) electrons. The minimum Gasteiger partial charge on any atom is -0.393 e. The van der Waals surface area contributed by atoms with E-state index in [4.69, 9.17) is 10.2 Å². The molecule has 0 fully saturated rings. The van der Waals surface area contributed by atoms with Crippen molar-refractivity contribution in [2.75, 3.05) is 0 Å². The Kier molecular flexibility index (Phi) is 7.11. The van der Waals surface area contributed by atoms with Gasteiger partial charge in [-0.1, -0.05) is 34.6 Å². The Morgan fingerprint density at radius 1 is 1.27 bits per heavy atom. The zero-order chi connectivity index (χ0) is 17.9. The molecule has 0 spiro atoms. The lowest BCUT2D eigenvalue weighted by Crippen LogP contribution is -2.70. The summed E-state index contributed by atoms with van der Waals surface area (Å²) >= 11 is 0. The first-order valence-electron chi connectivity index (χ1n) is 7.24. The van der Waals surface area contributed by atoms with Crippen molar-refractivity contribution in [2.24, 2.45) is 17.1 Å². The number of hydrogen-bond acceptors (Lipinski definition) is 3. The molecule has 1 amide bonds. The molecule has 131 valence electrons. The van der Waals surface area contributed by atoms with Crippen LogP contribution < -0.4 is 11.1 Å². The summed E-state index contributed by atoms with van der Waals surface area (Å²) in [7, 11) is -1.59. The quantitative estimate of drug-likeness (QED) is 0.576. The number of halogens is 3. The largest absolute Gasteiger partial charge is 0.408 e. The molecule has 2 unspecified atom stereocenters. The molecule has 22 heavy (non-hydrogen) atoms. The fourth-order valence-corrected chi connectivity index (χ4v) is 4.93. The van der Waals surface area contributed by atoms with E-state index < -0.39 is 38.8 Å². The van der Waals surface area contributed by atoms with Gasteiger partial charge in [-0.05, 0) is 18.0 Å². The van der Waals surface area contributed by atoms with Gasteiger partial charge in [0.25, 0.3) is 0 Å². The van der Waals surface area contributed by atoms with Crippen molar-refractivity contribution in [1.82, 2.24) is 5.32 Å². The summed E-state index contributed by atoms with van der Waals surface area (Å²) in [6, 6.07) is -1.65. The highest BCUT2D eigenvalue weighted by atomic mass is 28.3. The van der Waals surface area contributed by atoms with E-state index in [0.29, 0.717) is 6.04 Å². The lowest BCUT2D eigenvalue weighted by molar-refractivity contribution is -0.204. The number of hydrogen-bond donors (Lipinski definition) is 2. The summed E-state index contributed by atoms with van der Waals surface area (Å²) in [5.41, 5.74) is 3.42. The van der Waals surface area contributed by atoms with Crippen LogP contribution in [0.3, 0.4) is 0 Å². The Labute approximate surface area is 132 Å². The van der Waals surface area contributed by atoms with Crippen molar-refractivity contribution in [3.05, 3.63) is 0 Å². The molecular weight excluding hydrogens is 313 g/mol. The van der Waals surface area contributed by atoms with Gasteiger partial charge < -0.3 is 15.5 Å². The maximum Gasteiger partial charge on any atom is 0.408 e. The number of alkyl halides is 3. The Morgan fingerprint density at radius 3 is 2.00 bits per heavy atom. The first-order chi connectivity index (χ1) is 9.62. The van der Waals surface area contributed by atoms with Crippen molar-refractivity contribution in [3.8, 4) is 0 Å². The topological polar surface area (TPSA) is 64.3 Å². The summed E-state index contributed by atoms with van der Waals surface area (Å²) in [4.78, 5) is 11.5. The molecule has 2 atom stereocenters. The Hall–Kier alpha value is -0.603. The summed E-state index contributed by atoms with van der Waals surface area (Å²) in [5, 5.41) is 2.34. The molecular formula is C14H28F3N2O2Si. The van der Waals surface area contributed by atoms with Crippen molar-refractivity contribution in [3.63, 3.8) is 0 Å². The fourth-order valence-electron chi connectivity index (χ4n) is 2.38. The smallest absolute Gasteiger partial charge is 0.393 e. The van der Waals surface area contributed by atoms with E-state index in [0.717, 1.165) is 6.92 Å². The van der Waals surface area contributed by atoms with E-state index in [9.17, 15) is 18.0 Å². The van der Waals surface area contributed by atoms with E-state index in [1.54, 1.807) is 20.4 Å². The van der Waals surface area contributed by atoms with E-state index in [2.05, 4.69) is 5.32 Å². The Bertz CT molecular complexity index is 383. The predicted molar refractivity (Wildman–Crippen MR) is 82.4 cm³/mol. The van der Waals surface area contributed by atoms with E-state index in [-0.39, 0.29) is 5.41 Å². The minimum absolute atomic E-state index is 0.0791. The van der Waals surface area contributed by atoms with Crippen molar-refractivity contribution >= 4 is 14.9 Å². The van der Waals surface area contributed by atoms with Crippen LogP contribution in [-0.2, 0) is 9.22 Å². The number of rotatable bonds is 6. The normalized spacial score (nSPS) is 17.5. The van der Waals surface area contributed by atoms with Crippen molar-refractivity contribution in [1.29, 1.82) is 0 Å². The predicted octanol–water partition coefficient (Wildman–Crippen LogP) is 3.05. The van der Waals surface area contributed by atoms with Gasteiger partial charge in [0.05, 0.1) is 0 Å². The van der Waals surface area contributed by atoms with E-state index in [1.165, 1.54) is 0 Å². The summed E-state index contributed by atoms with van der Waals surface area (Å²) < 4.78 is 45.4. The number of carbonyl (C=O) groups is 1. The van der Waals surface area contributed by atoms with Crippen LogP contribution in [0.4, 0.5) is 13.2 Å². The van der Waals surface area contributed by atoms with Crippen LogP contribution in [0.5, 0.6) is 0 Å². The Balaban J connectivity index is 5.61. The van der Waals surface area contributed by atoms with Crippen molar-refractivity contribution < 1.29 is 22.4 Å². The summed E-state index contributed by atoms with van der Waals surface area (Å²) in [6.45, 7) is 12.0. The van der Waals surface area contributed by atoms with Crippen molar-refractivity contribution in [2.45, 2.75) is 72.1 Å². The van der Waals surface area contributed by atoms with E-state index >= 15 is 0 Å². The van der Waals surface area contributed by atoms with Gasteiger partial charge in [0.2, 0.25) is 14.9 Å². The molecule has 0 heterocycles. The third-order valence-electron chi connectivity index (χ3n) is 3.17. The highest BCUT2D eigenvalue weighted by Crippen LogP contribution is 2.35. The number of amides is 1. The van der Waals surface area contributed by atoms with Gasteiger partial charge in [-0.15, -0.1) is 0 Å². The lowest BCUT2D eigenvalue weighted by Gasteiger charge is -2.45. The zero-order valence-electron chi connectivity index (χ0n) is 14.4. The average Bonchev–Trinajstić information content (AvgIpc) is 2.21. The van der Waals surface area contributed by atoms with Gasteiger partial charge in [0, 0.05) is 12.8 Å². The van der Waals surface area contributed by atoms with Gasteiger partial charge in [-0.25, -0.2) is 0 Å². The van der Waals surface area contributed by atoms with Gasteiger partial charge in [0.1, 0.15) is 6.04 Å². The van der Waals surface area contributed by atoms with Gasteiger partial charge in [-0.3, -0.25) is 4.79 Å². The standard InChI is InChI=1S/C14H28F3N2O2Si/c1-9(2)13(19-10(3)20,11(18)14(15,16)17)21-22(7)8-12(4,5)6/h9,11H,8,18H2,1-7H3,(H,19,20). The summed E-state index contributed by atoms with van der Waals surface area (Å²) in [5.74, 6) is -1.23. The summed E-state index contributed by atoms with van der Waals surface area (Å²) in [6.07, 6.45) is -4.67. The first kappa shape index (κ1) is 21.4. The highest BCUT2D eigenvalue weighted by molar-refractivity contribution is 6.50. The number of carbonyl (C=O) groups excluding carboxylic acids is 1. The molecule has 0 aromatic carbocycles. The van der Waals surface area contributed by atoms with Crippen LogP contribution in [0, 0.1) is 11.3 Å². The lowest BCUT2D eigenvalue weighted by atomic mass is 9.91. The maximum absolute atomic E-state index is 13.2. The molecule has 4 nitrogen and oxygen atoms in total. The van der Waals surface area contributed by atoms with Gasteiger partial charge in [0.15, 0.2) is 5.72 Å². The molecule has 0 rings (SSSR count). The number of nitrogens with two attached hydrogens (primary N) is 1. The van der Waals surface area contributed by atoms with Crippen LogP contribution in [0.2, 0.25) is 12.6 Å². The average molecular weight is 341 g/mol. The molecule has 0 saturated heterocycles. The third kappa shape index (κ3) is 6.25. The SMILES string of the molecule is CC(=O)NC(O[Si](C)CC(C)(C)C)(C(C)C)C(N)C(F)(F)F. The molecule has 0 bridgehead atoms. The zero-order valence-corrected chi connectivity index (χ0v) is 15.4. The maximum atomic E-state index is 13.2. The molecule has 0 aromatic rings. The second-order valence-corrected chi connectivity index (χ2v) is 9.15. The molecule has 0 aliphatic carbocycles. The molecule has 0 aromatic heterocycles. The van der Waals surface area contributed by atoms with Crippen LogP contribution >= 0.6 is 0 Å². The number of nitrogens with one attached hydrogen (secondary N) is 1. The van der Waals surface area contributed by atoms with Crippen LogP contribution in [-0.4, -0.2) is 32.9 Å². The second kappa shape index (κ2) is 7.31. The third-order valence-corrected chi connectivity index (χ3v) is 5.41. The van der Waals surface area contributed by atoms with Gasteiger partial charge >= 0.3 is 6.18 Å². The van der Waals surface area contributed by atoms with Crippen LogP contribution in [0.1, 0.15) is 41.5 Å². The molecule has 0 aliphatic rings. The molecule has 0 aliphatic heterocycles. The monoisotopic (exact) mass is 341 g/mol. The van der Waals surface area contributed by atoms with Gasteiger partial charge in [-0.2, -0.15) is 13.2 Å². The minimum atomic E-state index is -4.67. The Morgan fingerprint density at radius 2 is 1.73 bits per heavy atom. The van der Waals surface area contributed by atoms with E-state index in [1.807, 2.05) is 20.8 Å². The second-order valence-electron chi connectivity index (χ2n) is 7.19. The fraction of sp³-hybridized carbons (Fsp3) is 0.929.